The van der Waals surface area contributed by atoms with Gasteiger partial charge >= 0.3 is 12.1 Å². The van der Waals surface area contributed by atoms with Crippen LogP contribution in [0.1, 0.15) is 23.2 Å². The molecule has 4 nitrogen and oxygen atoms in total. The summed E-state index contributed by atoms with van der Waals surface area (Å²) in [5.74, 6) is -1.60. The zero-order chi connectivity index (χ0) is 13.1. The van der Waals surface area contributed by atoms with Gasteiger partial charge in [0.25, 0.3) is 0 Å². The molecule has 0 atom stereocenters. The van der Waals surface area contributed by atoms with E-state index in [4.69, 9.17) is 11.6 Å². The Balaban J connectivity index is 2.02. The molecule has 0 N–H and O–H groups in total. The summed E-state index contributed by atoms with van der Waals surface area (Å²) in [4.78, 5) is 24.6. The van der Waals surface area contributed by atoms with Gasteiger partial charge < -0.3 is 9.64 Å². The first kappa shape index (κ1) is 12.8. The van der Waals surface area contributed by atoms with Crippen LogP contribution in [0.4, 0.5) is 9.18 Å². The molecule has 18 heavy (non-hydrogen) atoms. The lowest BCUT2D eigenvalue weighted by molar-refractivity contribution is 0.0558. The second-order valence-electron chi connectivity index (χ2n) is 3.98. The van der Waals surface area contributed by atoms with Gasteiger partial charge in [0.1, 0.15) is 5.82 Å². The quantitative estimate of drug-likeness (QED) is 0.583. The summed E-state index contributed by atoms with van der Waals surface area (Å²) in [7, 11) is 0. The molecule has 1 amide bonds. The number of amides is 1. The minimum absolute atomic E-state index is 0.0375. The molecule has 1 fully saturated rings. The Kier molecular flexibility index (Phi) is 3.81. The van der Waals surface area contributed by atoms with Crippen molar-refractivity contribution in [2.24, 2.45) is 0 Å². The number of ether oxygens (including phenoxy) is 1. The maximum atomic E-state index is 13.1. The molecule has 2 rings (SSSR count). The fraction of sp³-hybridized carbons (Fsp3) is 0.333. The standard InChI is InChI=1S/C12H11ClFNO3/c13-9-4-3-8(7-10(9)14)11(16)18-12(17)15-5-1-2-6-15/h3-4,7H,1-2,5-6H2. The molecule has 1 saturated heterocycles. The highest BCUT2D eigenvalue weighted by Gasteiger charge is 2.22. The Labute approximate surface area is 108 Å². The number of rotatable bonds is 1. The highest BCUT2D eigenvalue weighted by molar-refractivity contribution is 6.30. The largest absolute Gasteiger partial charge is 0.417 e. The lowest BCUT2D eigenvalue weighted by Gasteiger charge is -2.13. The minimum Gasteiger partial charge on any atom is -0.372 e. The second-order valence-corrected chi connectivity index (χ2v) is 4.39. The topological polar surface area (TPSA) is 46.6 Å². The third-order valence-electron chi connectivity index (χ3n) is 2.70. The van der Waals surface area contributed by atoms with Crippen molar-refractivity contribution in [2.75, 3.05) is 13.1 Å². The van der Waals surface area contributed by atoms with Crippen LogP contribution in [-0.2, 0) is 4.74 Å². The molecule has 0 unspecified atom stereocenters. The van der Waals surface area contributed by atoms with Crippen LogP contribution in [0.5, 0.6) is 0 Å². The smallest absolute Gasteiger partial charge is 0.372 e. The predicted octanol–water partition coefficient (Wildman–Crippen LogP) is 2.85. The van der Waals surface area contributed by atoms with Crippen LogP contribution < -0.4 is 0 Å². The lowest BCUT2D eigenvalue weighted by Crippen LogP contribution is -2.30. The molecule has 1 aromatic carbocycles. The number of nitrogens with zero attached hydrogens (tertiary/aromatic N) is 1. The van der Waals surface area contributed by atoms with Gasteiger partial charge in [-0.15, -0.1) is 0 Å². The van der Waals surface area contributed by atoms with Crippen molar-refractivity contribution < 1.29 is 18.7 Å². The van der Waals surface area contributed by atoms with Gasteiger partial charge in [-0.1, -0.05) is 11.6 Å². The van der Waals surface area contributed by atoms with E-state index >= 15 is 0 Å². The van der Waals surface area contributed by atoms with Gasteiger partial charge in [0.15, 0.2) is 0 Å². The first-order valence-electron chi connectivity index (χ1n) is 5.54. The lowest BCUT2D eigenvalue weighted by atomic mass is 10.2. The van der Waals surface area contributed by atoms with Gasteiger partial charge in [-0.05, 0) is 31.0 Å². The van der Waals surface area contributed by atoms with Crippen LogP contribution in [0, 0.1) is 5.82 Å². The molecule has 1 aromatic rings. The molecule has 96 valence electrons. The summed E-state index contributed by atoms with van der Waals surface area (Å²) in [6, 6.07) is 3.50. The molecule has 0 bridgehead atoms. The van der Waals surface area contributed by atoms with Crippen LogP contribution in [-0.4, -0.2) is 30.1 Å². The summed E-state index contributed by atoms with van der Waals surface area (Å²) >= 11 is 5.49. The highest BCUT2D eigenvalue weighted by Crippen LogP contribution is 2.17. The number of hydrogen-bond donors (Lipinski definition) is 0. The first-order valence-corrected chi connectivity index (χ1v) is 5.92. The van der Waals surface area contributed by atoms with E-state index in [0.29, 0.717) is 13.1 Å². The molecular formula is C12H11ClFNO3. The summed E-state index contributed by atoms with van der Waals surface area (Å²) in [5, 5.41) is -0.0857. The summed E-state index contributed by atoms with van der Waals surface area (Å²) < 4.78 is 17.8. The Morgan fingerprint density at radius 2 is 1.94 bits per heavy atom. The maximum Gasteiger partial charge on any atom is 0.417 e. The van der Waals surface area contributed by atoms with Gasteiger partial charge in [-0.2, -0.15) is 0 Å². The maximum absolute atomic E-state index is 13.1. The van der Waals surface area contributed by atoms with Crippen LogP contribution in [0.2, 0.25) is 5.02 Å². The van der Waals surface area contributed by atoms with Crippen molar-refractivity contribution in [3.63, 3.8) is 0 Å². The third kappa shape index (κ3) is 2.79. The Morgan fingerprint density at radius 1 is 1.28 bits per heavy atom. The monoisotopic (exact) mass is 271 g/mol. The molecule has 6 heteroatoms. The molecule has 1 heterocycles. The SMILES string of the molecule is O=C(OC(=O)N1CCCC1)c1ccc(Cl)c(F)c1. The van der Waals surface area contributed by atoms with E-state index in [1.807, 2.05) is 0 Å². The molecule has 0 aromatic heterocycles. The van der Waals surface area contributed by atoms with E-state index in [-0.39, 0.29) is 10.6 Å². The molecule has 1 aliphatic heterocycles. The number of carbonyl (C=O) groups is 2. The van der Waals surface area contributed by atoms with Crippen LogP contribution in [0.15, 0.2) is 18.2 Å². The number of esters is 1. The molecule has 1 aliphatic rings. The van der Waals surface area contributed by atoms with Crippen molar-refractivity contribution in [1.82, 2.24) is 4.90 Å². The highest BCUT2D eigenvalue weighted by atomic mass is 35.5. The Morgan fingerprint density at radius 3 is 2.56 bits per heavy atom. The van der Waals surface area contributed by atoms with E-state index < -0.39 is 17.9 Å². The number of likely N-dealkylation sites (tertiary alicyclic amines) is 1. The average molecular weight is 272 g/mol. The van der Waals surface area contributed by atoms with Crippen molar-refractivity contribution in [3.8, 4) is 0 Å². The first-order chi connectivity index (χ1) is 8.58. The molecule has 0 aliphatic carbocycles. The normalized spacial score (nSPS) is 14.7. The average Bonchev–Trinajstić information content (AvgIpc) is 2.86. The summed E-state index contributed by atoms with van der Waals surface area (Å²) in [6.07, 6.45) is 1.12. The van der Waals surface area contributed by atoms with E-state index in [1.54, 1.807) is 0 Å². The van der Waals surface area contributed by atoms with E-state index in [0.717, 1.165) is 18.9 Å². The van der Waals surface area contributed by atoms with Gasteiger partial charge in [0, 0.05) is 13.1 Å². The van der Waals surface area contributed by atoms with E-state index in [9.17, 15) is 14.0 Å². The van der Waals surface area contributed by atoms with Gasteiger partial charge in [0.05, 0.1) is 10.6 Å². The molecule has 0 spiro atoms. The van der Waals surface area contributed by atoms with Gasteiger partial charge in [0.2, 0.25) is 0 Å². The second kappa shape index (κ2) is 5.35. The van der Waals surface area contributed by atoms with E-state index in [1.165, 1.54) is 17.0 Å². The third-order valence-corrected chi connectivity index (χ3v) is 3.01. The molecular weight excluding hydrogens is 261 g/mol. The van der Waals surface area contributed by atoms with Crippen LogP contribution >= 0.6 is 11.6 Å². The zero-order valence-corrected chi connectivity index (χ0v) is 10.2. The van der Waals surface area contributed by atoms with E-state index in [2.05, 4.69) is 4.74 Å². The fourth-order valence-corrected chi connectivity index (χ4v) is 1.84. The zero-order valence-electron chi connectivity index (χ0n) is 9.49. The predicted molar refractivity (Wildman–Crippen MR) is 63.0 cm³/mol. The van der Waals surface area contributed by atoms with Gasteiger partial charge in [-0.3, -0.25) is 0 Å². The molecule has 0 saturated carbocycles. The molecule has 0 radical (unpaired) electrons. The Bertz CT molecular complexity index is 486. The van der Waals surface area contributed by atoms with Crippen molar-refractivity contribution in [2.45, 2.75) is 12.8 Å². The Hall–Kier alpha value is -1.62. The van der Waals surface area contributed by atoms with Gasteiger partial charge in [-0.25, -0.2) is 14.0 Å². The van der Waals surface area contributed by atoms with Crippen LogP contribution in [0.25, 0.3) is 0 Å². The number of benzene rings is 1. The number of halogens is 2. The summed E-state index contributed by atoms with van der Waals surface area (Å²) in [6.45, 7) is 1.17. The minimum atomic E-state index is -0.873. The van der Waals surface area contributed by atoms with Crippen molar-refractivity contribution in [3.05, 3.63) is 34.6 Å². The number of carbonyl (C=O) groups excluding carboxylic acids is 2. The van der Waals surface area contributed by atoms with Crippen LogP contribution in [0.3, 0.4) is 0 Å². The fourth-order valence-electron chi connectivity index (χ4n) is 1.73. The van der Waals surface area contributed by atoms with Crippen molar-refractivity contribution in [1.29, 1.82) is 0 Å². The van der Waals surface area contributed by atoms with Crippen molar-refractivity contribution >= 4 is 23.7 Å². The number of hydrogen-bond acceptors (Lipinski definition) is 3. The summed E-state index contributed by atoms with van der Waals surface area (Å²) in [5.41, 5.74) is -0.0375.